The highest BCUT2D eigenvalue weighted by Gasteiger charge is 2.36. The molecule has 0 saturated carbocycles. The number of amides is 1. The quantitative estimate of drug-likeness (QED) is 0.245. The fourth-order valence-corrected chi connectivity index (χ4v) is 5.60. The van der Waals surface area contributed by atoms with Gasteiger partial charge in [-0.05, 0) is 81.7 Å². The molecule has 5 nitrogen and oxygen atoms in total. The van der Waals surface area contributed by atoms with Crippen molar-refractivity contribution in [2.24, 2.45) is 0 Å². The van der Waals surface area contributed by atoms with E-state index in [-0.39, 0.29) is 11.7 Å². The van der Waals surface area contributed by atoms with E-state index >= 15 is 0 Å². The van der Waals surface area contributed by atoms with Gasteiger partial charge < -0.3 is 15.0 Å². The highest BCUT2D eigenvalue weighted by molar-refractivity contribution is 6.00. The van der Waals surface area contributed by atoms with Gasteiger partial charge in [0.05, 0.1) is 0 Å². The number of carbonyl (C=O) groups excluding carboxylic acids is 1. The third-order valence-corrected chi connectivity index (χ3v) is 7.61. The Labute approximate surface area is 230 Å². The topological polar surface area (TPSA) is 69.2 Å². The number of nitrogens with zero attached hydrogens (tertiary/aromatic N) is 2. The number of aromatic nitrogens is 2. The number of para-hydroxylation sites is 1. The molecular weight excluding hydrogens is 501 g/mol. The molecule has 1 atom stereocenters. The molecule has 0 radical (unpaired) electrons. The summed E-state index contributed by atoms with van der Waals surface area (Å²) in [6.07, 6.45) is 3.54. The van der Waals surface area contributed by atoms with Crippen LogP contribution in [0.1, 0.15) is 33.2 Å². The third kappa shape index (κ3) is 4.10. The Kier molecular flexibility index (Phi) is 5.67. The Hall–Kier alpha value is -5.23. The lowest BCUT2D eigenvalue weighted by atomic mass is 9.98. The molecule has 3 heterocycles. The van der Waals surface area contributed by atoms with E-state index in [0.717, 1.165) is 38.7 Å². The Bertz CT molecular complexity index is 1850. The van der Waals surface area contributed by atoms with E-state index in [9.17, 15) is 14.3 Å². The molecule has 6 heteroatoms. The van der Waals surface area contributed by atoms with Gasteiger partial charge in [-0.3, -0.25) is 9.78 Å². The Morgan fingerprint density at radius 2 is 1.50 bits per heavy atom. The number of nitrogens with one attached hydrogen (secondary N) is 1. The van der Waals surface area contributed by atoms with Crippen molar-refractivity contribution in [2.45, 2.75) is 12.6 Å². The number of hydrogen-bond donors (Lipinski definition) is 2. The van der Waals surface area contributed by atoms with Gasteiger partial charge in [0, 0.05) is 41.3 Å². The van der Waals surface area contributed by atoms with E-state index in [1.807, 2.05) is 72.8 Å². The zero-order valence-electron chi connectivity index (χ0n) is 21.4. The summed E-state index contributed by atoms with van der Waals surface area (Å²) in [5.41, 5.74) is 7.55. The first-order valence-corrected chi connectivity index (χ1v) is 13.1. The maximum atomic E-state index is 14.4. The van der Waals surface area contributed by atoms with E-state index in [0.29, 0.717) is 23.4 Å². The maximum absolute atomic E-state index is 14.4. The Balaban J connectivity index is 1.26. The minimum Gasteiger partial charge on any atom is -0.508 e. The molecule has 1 amide bonds. The van der Waals surface area contributed by atoms with Crippen LogP contribution in [0.15, 0.2) is 116 Å². The van der Waals surface area contributed by atoms with Crippen LogP contribution >= 0.6 is 0 Å². The van der Waals surface area contributed by atoms with Gasteiger partial charge in [-0.1, -0.05) is 54.6 Å². The van der Waals surface area contributed by atoms with E-state index in [1.165, 1.54) is 18.2 Å². The monoisotopic (exact) mass is 525 g/mol. The lowest BCUT2D eigenvalue weighted by molar-refractivity contribution is 0.0726. The summed E-state index contributed by atoms with van der Waals surface area (Å²) in [5, 5.41) is 11.8. The second-order valence-corrected chi connectivity index (χ2v) is 10.0. The van der Waals surface area contributed by atoms with Crippen LogP contribution in [0.25, 0.3) is 33.2 Å². The number of pyridine rings is 1. The van der Waals surface area contributed by atoms with Crippen LogP contribution in [-0.4, -0.2) is 25.9 Å². The molecular formula is C34H24FN3O2. The SMILES string of the molecule is O=C1c2cc(-c3ccc(-c4ccncc4)cc3)ccc2CN1C(c1cc2ccccc2[nH]1)c1cc(F)ccc1O. The predicted octanol–water partition coefficient (Wildman–Crippen LogP) is 7.49. The lowest BCUT2D eigenvalue weighted by Gasteiger charge is -2.28. The molecule has 7 rings (SSSR count). The second kappa shape index (κ2) is 9.50. The largest absolute Gasteiger partial charge is 0.508 e. The average molecular weight is 526 g/mol. The number of carbonyl (C=O) groups is 1. The van der Waals surface area contributed by atoms with Crippen LogP contribution in [0.3, 0.4) is 0 Å². The molecule has 1 aliphatic rings. The normalized spacial score (nSPS) is 13.5. The summed E-state index contributed by atoms with van der Waals surface area (Å²) < 4.78 is 14.4. The zero-order chi connectivity index (χ0) is 27.2. The minimum atomic E-state index is -0.703. The summed E-state index contributed by atoms with van der Waals surface area (Å²) >= 11 is 0. The molecule has 6 aromatic rings. The van der Waals surface area contributed by atoms with E-state index < -0.39 is 11.9 Å². The molecule has 0 saturated heterocycles. The molecule has 4 aromatic carbocycles. The van der Waals surface area contributed by atoms with E-state index in [1.54, 1.807) is 17.3 Å². The van der Waals surface area contributed by atoms with Crippen molar-refractivity contribution < 1.29 is 14.3 Å². The summed E-state index contributed by atoms with van der Waals surface area (Å²) in [6.45, 7) is 0.339. The number of hydrogen-bond acceptors (Lipinski definition) is 3. The molecule has 0 spiro atoms. The highest BCUT2D eigenvalue weighted by atomic mass is 19.1. The molecule has 0 fully saturated rings. The number of benzene rings is 4. The van der Waals surface area contributed by atoms with Gasteiger partial charge >= 0.3 is 0 Å². The standard InChI is InChI=1S/C34H24FN3O2/c35-27-11-12-32(39)29(19-27)33(31-18-25-3-1-2-4-30(25)37-31)38-20-26-10-9-24(17-28(26)34(38)40)22-7-5-21(6-8-22)23-13-15-36-16-14-23/h1-19,33,37,39H,20H2. The van der Waals surface area contributed by atoms with Gasteiger partial charge in [-0.2, -0.15) is 0 Å². The molecule has 2 N–H and O–H groups in total. The molecule has 1 unspecified atom stereocenters. The summed E-state index contributed by atoms with van der Waals surface area (Å²) in [5.74, 6) is -0.711. The first-order valence-electron chi connectivity index (χ1n) is 13.1. The number of H-pyrrole nitrogens is 1. The number of phenolic OH excluding ortho intramolecular Hbond substituents is 1. The molecule has 40 heavy (non-hydrogen) atoms. The third-order valence-electron chi connectivity index (χ3n) is 7.61. The minimum absolute atomic E-state index is 0.0659. The van der Waals surface area contributed by atoms with Crippen molar-refractivity contribution in [3.8, 4) is 28.0 Å². The first-order chi connectivity index (χ1) is 19.5. The van der Waals surface area contributed by atoms with Crippen LogP contribution in [0.2, 0.25) is 0 Å². The van der Waals surface area contributed by atoms with Crippen LogP contribution in [0, 0.1) is 5.82 Å². The number of halogens is 1. The van der Waals surface area contributed by atoms with Crippen LogP contribution in [0.4, 0.5) is 4.39 Å². The molecule has 194 valence electrons. The molecule has 1 aliphatic heterocycles. The first kappa shape index (κ1) is 23.9. The molecule has 0 bridgehead atoms. The zero-order valence-corrected chi connectivity index (χ0v) is 21.4. The van der Waals surface area contributed by atoms with Gasteiger partial charge in [-0.25, -0.2) is 4.39 Å². The van der Waals surface area contributed by atoms with Crippen LogP contribution < -0.4 is 0 Å². The Morgan fingerprint density at radius 3 is 2.27 bits per heavy atom. The summed E-state index contributed by atoms with van der Waals surface area (Å²) in [4.78, 5) is 23.1. The Morgan fingerprint density at radius 1 is 0.800 bits per heavy atom. The summed E-state index contributed by atoms with van der Waals surface area (Å²) in [6, 6.07) is 31.0. The van der Waals surface area contributed by atoms with Crippen molar-refractivity contribution in [1.29, 1.82) is 0 Å². The fourth-order valence-electron chi connectivity index (χ4n) is 5.60. The van der Waals surface area contributed by atoms with Crippen molar-refractivity contribution in [3.05, 3.63) is 144 Å². The van der Waals surface area contributed by atoms with Gasteiger partial charge in [-0.15, -0.1) is 0 Å². The van der Waals surface area contributed by atoms with Gasteiger partial charge in [0.1, 0.15) is 17.6 Å². The van der Waals surface area contributed by atoms with Gasteiger partial charge in [0.15, 0.2) is 0 Å². The predicted molar refractivity (Wildman–Crippen MR) is 153 cm³/mol. The second-order valence-electron chi connectivity index (χ2n) is 10.0. The highest BCUT2D eigenvalue weighted by Crippen LogP contribution is 2.41. The van der Waals surface area contributed by atoms with E-state index in [2.05, 4.69) is 22.1 Å². The number of rotatable bonds is 5. The van der Waals surface area contributed by atoms with Gasteiger partial charge in [0.25, 0.3) is 5.91 Å². The van der Waals surface area contributed by atoms with Crippen molar-refractivity contribution in [2.75, 3.05) is 0 Å². The van der Waals surface area contributed by atoms with Crippen molar-refractivity contribution in [1.82, 2.24) is 14.9 Å². The van der Waals surface area contributed by atoms with Crippen molar-refractivity contribution in [3.63, 3.8) is 0 Å². The number of phenols is 1. The molecule has 2 aromatic heterocycles. The average Bonchev–Trinajstić information content (AvgIpc) is 3.56. The number of aromatic amines is 1. The fraction of sp³-hybridized carbons (Fsp3) is 0.0588. The smallest absolute Gasteiger partial charge is 0.255 e. The summed E-state index contributed by atoms with van der Waals surface area (Å²) in [7, 11) is 0. The van der Waals surface area contributed by atoms with Gasteiger partial charge in [0.2, 0.25) is 0 Å². The number of aromatic hydroxyl groups is 1. The number of fused-ring (bicyclic) bond motifs is 2. The van der Waals surface area contributed by atoms with E-state index in [4.69, 9.17) is 0 Å². The van der Waals surface area contributed by atoms with Crippen molar-refractivity contribution >= 4 is 16.8 Å². The maximum Gasteiger partial charge on any atom is 0.255 e. The lowest BCUT2D eigenvalue weighted by Crippen LogP contribution is -2.30. The van der Waals surface area contributed by atoms with Crippen LogP contribution in [0.5, 0.6) is 5.75 Å². The molecule has 0 aliphatic carbocycles. The van der Waals surface area contributed by atoms with Crippen LogP contribution in [-0.2, 0) is 6.54 Å².